The van der Waals surface area contributed by atoms with Gasteiger partial charge in [0.2, 0.25) is 0 Å². The Morgan fingerprint density at radius 2 is 2.30 bits per heavy atom. The van der Waals surface area contributed by atoms with Gasteiger partial charge in [0.25, 0.3) is 0 Å². The van der Waals surface area contributed by atoms with Gasteiger partial charge in [-0.15, -0.1) is 6.58 Å². The lowest BCUT2D eigenvalue weighted by molar-refractivity contribution is -0.144. The Balaban J connectivity index is 4.00. The molecule has 3 nitrogen and oxygen atoms in total. The van der Waals surface area contributed by atoms with Crippen molar-refractivity contribution in [1.82, 2.24) is 0 Å². The molecule has 0 heterocycles. The molecule has 0 aromatic rings. The molecule has 0 saturated heterocycles. The van der Waals surface area contributed by atoms with E-state index >= 15 is 0 Å². The van der Waals surface area contributed by atoms with Crippen LogP contribution in [0.4, 0.5) is 0 Å². The molecule has 0 aromatic carbocycles. The smallest absolute Gasteiger partial charge is 0.309 e. The quantitative estimate of drug-likeness (QED) is 0.596. The fraction of sp³-hybridized carbons (Fsp3) is 0.571. The summed E-state index contributed by atoms with van der Waals surface area (Å²) >= 11 is 0. The van der Waals surface area contributed by atoms with Crippen molar-refractivity contribution in [2.45, 2.75) is 13.0 Å². The zero-order chi connectivity index (χ0) is 8.15. The number of methoxy groups -OCH3 is 1. The highest BCUT2D eigenvalue weighted by Crippen LogP contribution is 2.06. The monoisotopic (exact) mass is 144 g/mol. The van der Waals surface area contributed by atoms with Gasteiger partial charge >= 0.3 is 5.97 Å². The molecule has 0 saturated carbocycles. The molecule has 1 N–H and O–H groups in total. The Morgan fingerprint density at radius 1 is 1.80 bits per heavy atom. The summed E-state index contributed by atoms with van der Waals surface area (Å²) in [5.74, 6) is -1.39. The van der Waals surface area contributed by atoms with Gasteiger partial charge in [-0.05, 0) is 6.92 Å². The van der Waals surface area contributed by atoms with Crippen molar-refractivity contribution in [2.75, 3.05) is 7.11 Å². The van der Waals surface area contributed by atoms with E-state index in [9.17, 15) is 4.79 Å². The third-order valence-electron chi connectivity index (χ3n) is 1.39. The van der Waals surface area contributed by atoms with E-state index in [4.69, 9.17) is 9.84 Å². The minimum absolute atomic E-state index is 0.391. The van der Waals surface area contributed by atoms with E-state index in [1.54, 1.807) is 6.92 Å². The molecule has 0 unspecified atom stereocenters. The SMILES string of the molecule is C=C[C@@H](OC)[C@@H](C)C(=O)O. The summed E-state index contributed by atoms with van der Waals surface area (Å²) in [6.45, 7) is 5.03. The zero-order valence-electron chi connectivity index (χ0n) is 6.20. The number of hydrogen-bond donors (Lipinski definition) is 1. The average molecular weight is 144 g/mol. The average Bonchev–Trinajstić information content (AvgIpc) is 1.90. The van der Waals surface area contributed by atoms with Crippen molar-refractivity contribution in [3.05, 3.63) is 12.7 Å². The van der Waals surface area contributed by atoms with E-state index in [1.807, 2.05) is 0 Å². The minimum atomic E-state index is -0.869. The topological polar surface area (TPSA) is 46.5 Å². The lowest BCUT2D eigenvalue weighted by Gasteiger charge is -2.13. The second kappa shape index (κ2) is 4.06. The Hall–Kier alpha value is -0.830. The summed E-state index contributed by atoms with van der Waals surface area (Å²) in [5.41, 5.74) is 0. The van der Waals surface area contributed by atoms with Crippen LogP contribution >= 0.6 is 0 Å². The standard InChI is InChI=1S/C7H12O3/c1-4-6(10-3)5(2)7(8)9/h4-6H,1H2,2-3H3,(H,8,9)/t5-,6-/m1/s1. The molecule has 0 rings (SSSR count). The van der Waals surface area contributed by atoms with Gasteiger partial charge in [-0.2, -0.15) is 0 Å². The first kappa shape index (κ1) is 9.17. The molecule has 0 fully saturated rings. The third kappa shape index (κ3) is 2.19. The van der Waals surface area contributed by atoms with Crippen LogP contribution < -0.4 is 0 Å². The first-order chi connectivity index (χ1) is 4.63. The van der Waals surface area contributed by atoms with Crippen molar-refractivity contribution in [1.29, 1.82) is 0 Å². The van der Waals surface area contributed by atoms with E-state index in [-0.39, 0.29) is 0 Å². The highest BCUT2D eigenvalue weighted by molar-refractivity contribution is 5.70. The predicted molar refractivity (Wildman–Crippen MR) is 37.8 cm³/mol. The molecule has 0 radical (unpaired) electrons. The summed E-state index contributed by atoms with van der Waals surface area (Å²) in [4.78, 5) is 10.3. The molecular formula is C7H12O3. The van der Waals surface area contributed by atoms with Gasteiger partial charge in [0.05, 0.1) is 12.0 Å². The Kier molecular flexibility index (Phi) is 3.72. The van der Waals surface area contributed by atoms with Gasteiger partial charge in [-0.3, -0.25) is 4.79 Å². The zero-order valence-corrected chi connectivity index (χ0v) is 6.20. The van der Waals surface area contributed by atoms with Crippen LogP contribution in [0.5, 0.6) is 0 Å². The summed E-state index contributed by atoms with van der Waals surface area (Å²) < 4.78 is 4.82. The molecule has 10 heavy (non-hydrogen) atoms. The third-order valence-corrected chi connectivity index (χ3v) is 1.39. The molecule has 3 heteroatoms. The van der Waals surface area contributed by atoms with Crippen molar-refractivity contribution >= 4 is 5.97 Å². The Bertz CT molecular complexity index is 131. The predicted octanol–water partition coefficient (Wildman–Crippen LogP) is 0.908. The van der Waals surface area contributed by atoms with E-state index in [1.165, 1.54) is 13.2 Å². The number of carboxylic acid groups (broad SMARTS) is 1. The number of carbonyl (C=O) groups is 1. The minimum Gasteiger partial charge on any atom is -0.481 e. The van der Waals surface area contributed by atoms with Crippen LogP contribution in [0.1, 0.15) is 6.92 Å². The lowest BCUT2D eigenvalue weighted by atomic mass is 10.1. The molecule has 0 aliphatic heterocycles. The Labute approximate surface area is 60.3 Å². The highest BCUT2D eigenvalue weighted by atomic mass is 16.5. The van der Waals surface area contributed by atoms with Crippen molar-refractivity contribution in [3.63, 3.8) is 0 Å². The molecule has 58 valence electrons. The summed E-state index contributed by atoms with van der Waals surface area (Å²) in [5, 5.41) is 8.49. The van der Waals surface area contributed by atoms with E-state index < -0.39 is 18.0 Å². The van der Waals surface area contributed by atoms with Crippen LogP contribution in [0, 0.1) is 5.92 Å². The second-order valence-electron chi connectivity index (χ2n) is 2.06. The molecule has 0 spiro atoms. The molecule has 0 amide bonds. The summed E-state index contributed by atoms with van der Waals surface area (Å²) in [6.07, 6.45) is 1.09. The van der Waals surface area contributed by atoms with Crippen LogP contribution in [0.3, 0.4) is 0 Å². The largest absolute Gasteiger partial charge is 0.481 e. The van der Waals surface area contributed by atoms with Gasteiger partial charge in [0, 0.05) is 7.11 Å². The molecule has 2 atom stereocenters. The van der Waals surface area contributed by atoms with Crippen LogP contribution in [0.2, 0.25) is 0 Å². The molecular weight excluding hydrogens is 132 g/mol. The fourth-order valence-corrected chi connectivity index (χ4v) is 0.645. The number of rotatable bonds is 4. The van der Waals surface area contributed by atoms with E-state index in [2.05, 4.69) is 6.58 Å². The molecule has 0 aliphatic carbocycles. The highest BCUT2D eigenvalue weighted by Gasteiger charge is 2.19. The van der Waals surface area contributed by atoms with Crippen LogP contribution in [0.25, 0.3) is 0 Å². The second-order valence-corrected chi connectivity index (χ2v) is 2.06. The van der Waals surface area contributed by atoms with Crippen LogP contribution in [-0.4, -0.2) is 24.3 Å². The van der Waals surface area contributed by atoms with Gasteiger partial charge in [0.15, 0.2) is 0 Å². The first-order valence-corrected chi connectivity index (χ1v) is 3.01. The van der Waals surface area contributed by atoms with E-state index in [0.717, 1.165) is 0 Å². The van der Waals surface area contributed by atoms with Gasteiger partial charge in [0.1, 0.15) is 0 Å². The maximum atomic E-state index is 10.3. The normalized spacial score (nSPS) is 15.8. The van der Waals surface area contributed by atoms with Gasteiger partial charge in [-0.25, -0.2) is 0 Å². The van der Waals surface area contributed by atoms with E-state index in [0.29, 0.717) is 0 Å². The summed E-state index contributed by atoms with van der Waals surface area (Å²) in [7, 11) is 1.46. The first-order valence-electron chi connectivity index (χ1n) is 3.01. The van der Waals surface area contributed by atoms with Crippen molar-refractivity contribution in [3.8, 4) is 0 Å². The Morgan fingerprint density at radius 3 is 2.40 bits per heavy atom. The van der Waals surface area contributed by atoms with Crippen molar-refractivity contribution < 1.29 is 14.6 Å². The van der Waals surface area contributed by atoms with Crippen LogP contribution in [0.15, 0.2) is 12.7 Å². The fourth-order valence-electron chi connectivity index (χ4n) is 0.645. The molecule has 0 bridgehead atoms. The maximum absolute atomic E-state index is 10.3. The number of aliphatic carboxylic acids is 1. The maximum Gasteiger partial charge on any atom is 0.309 e. The number of carboxylic acids is 1. The number of hydrogen-bond acceptors (Lipinski definition) is 2. The summed E-state index contributed by atoms with van der Waals surface area (Å²) in [6, 6.07) is 0. The molecule has 0 aliphatic rings. The number of ether oxygens (including phenoxy) is 1. The van der Waals surface area contributed by atoms with Crippen LogP contribution in [-0.2, 0) is 9.53 Å². The lowest BCUT2D eigenvalue weighted by Crippen LogP contribution is -2.25. The van der Waals surface area contributed by atoms with Gasteiger partial charge in [-0.1, -0.05) is 6.08 Å². The molecule has 0 aromatic heterocycles. The van der Waals surface area contributed by atoms with Crippen molar-refractivity contribution in [2.24, 2.45) is 5.92 Å². The van der Waals surface area contributed by atoms with Gasteiger partial charge < -0.3 is 9.84 Å².